The number of hydrogen-bond acceptors (Lipinski definition) is 4. The van der Waals surface area contributed by atoms with Crippen LogP contribution in [0.5, 0.6) is 0 Å². The van der Waals surface area contributed by atoms with E-state index in [1.54, 1.807) is 0 Å². The number of likely N-dealkylation sites (tertiary alicyclic amines) is 1. The number of amides is 1. The third-order valence-electron chi connectivity index (χ3n) is 5.05. The van der Waals surface area contributed by atoms with Gasteiger partial charge in [-0.15, -0.1) is 35.0 Å². The lowest BCUT2D eigenvalue weighted by atomic mass is 9.96. The fourth-order valence-electron chi connectivity index (χ4n) is 3.72. The van der Waals surface area contributed by atoms with Crippen molar-refractivity contribution in [2.75, 3.05) is 13.1 Å². The van der Waals surface area contributed by atoms with E-state index in [-0.39, 0.29) is 36.6 Å². The summed E-state index contributed by atoms with van der Waals surface area (Å²) in [6.07, 6.45) is 4.50. The third-order valence-corrected chi connectivity index (χ3v) is 5.05. The number of piperidine rings is 1. The number of pyridine rings is 1. The second kappa shape index (κ2) is 9.87. The summed E-state index contributed by atoms with van der Waals surface area (Å²) >= 11 is 0. The Hall–Kier alpha value is -2.15. The Balaban J connectivity index is 0.00000140. The van der Waals surface area contributed by atoms with Crippen molar-refractivity contribution in [3.8, 4) is 0 Å². The molecule has 3 aromatic rings. The number of hydrogen-bond donors (Lipinski definition) is 1. The lowest BCUT2D eigenvalue weighted by Gasteiger charge is -2.33. The maximum Gasteiger partial charge on any atom is 0.239 e. The summed E-state index contributed by atoms with van der Waals surface area (Å²) in [5.74, 6) is 1.14. The minimum absolute atomic E-state index is 0. The topological polar surface area (TPSA) is 76.5 Å². The summed E-state index contributed by atoms with van der Waals surface area (Å²) in [6, 6.07) is 15.3. The Labute approximate surface area is 176 Å². The Morgan fingerprint density at radius 2 is 1.86 bits per heavy atom. The lowest BCUT2D eigenvalue weighted by molar-refractivity contribution is -0.133. The van der Waals surface area contributed by atoms with E-state index in [1.165, 1.54) is 0 Å². The van der Waals surface area contributed by atoms with Gasteiger partial charge in [-0.25, -0.2) is 0 Å². The molecule has 1 amide bonds. The maximum atomic E-state index is 12.8. The quantitative estimate of drug-likeness (QED) is 0.702. The zero-order valence-corrected chi connectivity index (χ0v) is 17.1. The van der Waals surface area contributed by atoms with Gasteiger partial charge in [0, 0.05) is 25.2 Å². The van der Waals surface area contributed by atoms with Gasteiger partial charge in [-0.1, -0.05) is 36.4 Å². The molecule has 6 nitrogen and oxygen atoms in total. The molecule has 1 aliphatic rings. The van der Waals surface area contributed by atoms with Gasteiger partial charge in [-0.2, -0.15) is 0 Å². The molecule has 0 saturated carbocycles. The number of halogens is 2. The van der Waals surface area contributed by atoms with Gasteiger partial charge in [-0.05, 0) is 37.0 Å². The first-order chi connectivity index (χ1) is 12.7. The molecule has 150 valence electrons. The van der Waals surface area contributed by atoms with Crippen molar-refractivity contribution in [2.45, 2.75) is 31.2 Å². The zero-order valence-electron chi connectivity index (χ0n) is 15.5. The Kier molecular flexibility index (Phi) is 7.80. The van der Waals surface area contributed by atoms with Crippen molar-refractivity contribution >= 4 is 36.4 Å². The average molecular weight is 422 g/mol. The van der Waals surface area contributed by atoms with Crippen LogP contribution in [-0.2, 0) is 11.2 Å². The molecule has 2 aromatic heterocycles. The average Bonchev–Trinajstić information content (AvgIpc) is 3.12. The van der Waals surface area contributed by atoms with E-state index < -0.39 is 6.04 Å². The standard InChI is InChI=1S/C20H23N5O.2ClH/c21-17(13-15-7-2-1-3-8-15)20(26)24-11-6-9-16(14-24)19-23-22-18-10-4-5-12-25(18)19;;/h1-5,7-8,10,12,16-17H,6,9,11,13-14,21H2;2*1H. The van der Waals surface area contributed by atoms with Crippen molar-refractivity contribution in [3.63, 3.8) is 0 Å². The monoisotopic (exact) mass is 421 g/mol. The van der Waals surface area contributed by atoms with Gasteiger partial charge in [0.05, 0.1) is 6.04 Å². The van der Waals surface area contributed by atoms with Gasteiger partial charge in [0.1, 0.15) is 5.82 Å². The highest BCUT2D eigenvalue weighted by atomic mass is 35.5. The van der Waals surface area contributed by atoms with Gasteiger partial charge >= 0.3 is 0 Å². The molecular formula is C20H25Cl2N5O. The largest absolute Gasteiger partial charge is 0.341 e. The molecule has 28 heavy (non-hydrogen) atoms. The van der Waals surface area contributed by atoms with Crippen molar-refractivity contribution in [2.24, 2.45) is 5.73 Å². The SMILES string of the molecule is Cl.Cl.NC(Cc1ccccc1)C(=O)N1CCCC(c2nnc3ccccn23)C1. The molecular weight excluding hydrogens is 397 g/mol. The first-order valence-corrected chi connectivity index (χ1v) is 9.10. The summed E-state index contributed by atoms with van der Waals surface area (Å²) in [5.41, 5.74) is 8.14. The lowest BCUT2D eigenvalue weighted by Crippen LogP contribution is -2.48. The number of carbonyl (C=O) groups is 1. The Bertz CT molecular complexity index is 902. The van der Waals surface area contributed by atoms with E-state index in [0.717, 1.165) is 36.4 Å². The van der Waals surface area contributed by atoms with Crippen LogP contribution >= 0.6 is 24.8 Å². The van der Waals surface area contributed by atoms with E-state index in [1.807, 2.05) is 64.0 Å². The van der Waals surface area contributed by atoms with Crippen molar-refractivity contribution in [3.05, 3.63) is 66.1 Å². The molecule has 1 saturated heterocycles. The number of nitrogens with two attached hydrogens (primary N) is 1. The molecule has 2 atom stereocenters. The van der Waals surface area contributed by atoms with Gasteiger partial charge in [0.15, 0.2) is 5.65 Å². The second-order valence-corrected chi connectivity index (χ2v) is 6.91. The molecule has 0 radical (unpaired) electrons. The molecule has 1 aliphatic heterocycles. The second-order valence-electron chi connectivity index (χ2n) is 6.91. The van der Waals surface area contributed by atoms with E-state index in [2.05, 4.69) is 10.2 Å². The smallest absolute Gasteiger partial charge is 0.239 e. The highest BCUT2D eigenvalue weighted by Gasteiger charge is 2.30. The predicted octanol–water partition coefficient (Wildman–Crippen LogP) is 2.85. The summed E-state index contributed by atoms with van der Waals surface area (Å²) in [7, 11) is 0. The number of carbonyl (C=O) groups excluding carboxylic acids is 1. The molecule has 0 aliphatic carbocycles. The summed E-state index contributed by atoms with van der Waals surface area (Å²) < 4.78 is 2.02. The molecule has 1 fully saturated rings. The highest BCUT2D eigenvalue weighted by molar-refractivity contribution is 5.85. The minimum Gasteiger partial charge on any atom is -0.341 e. The van der Waals surface area contributed by atoms with Crippen LogP contribution in [0.15, 0.2) is 54.7 Å². The van der Waals surface area contributed by atoms with Crippen LogP contribution < -0.4 is 5.73 Å². The van der Waals surface area contributed by atoms with Gasteiger partial charge in [0.25, 0.3) is 0 Å². The number of benzene rings is 1. The van der Waals surface area contributed by atoms with E-state index in [4.69, 9.17) is 5.73 Å². The summed E-state index contributed by atoms with van der Waals surface area (Å²) in [4.78, 5) is 14.7. The molecule has 8 heteroatoms. The fraction of sp³-hybridized carbons (Fsp3) is 0.350. The normalized spacial score (nSPS) is 17.5. The minimum atomic E-state index is -0.508. The van der Waals surface area contributed by atoms with Crippen LogP contribution in [0.2, 0.25) is 0 Å². The highest BCUT2D eigenvalue weighted by Crippen LogP contribution is 2.26. The van der Waals surface area contributed by atoms with E-state index in [0.29, 0.717) is 13.0 Å². The van der Waals surface area contributed by atoms with Crippen molar-refractivity contribution in [1.82, 2.24) is 19.5 Å². The van der Waals surface area contributed by atoms with Crippen LogP contribution in [-0.4, -0.2) is 44.5 Å². The van der Waals surface area contributed by atoms with Gasteiger partial charge in [-0.3, -0.25) is 9.20 Å². The molecule has 2 unspecified atom stereocenters. The third kappa shape index (κ3) is 4.63. The number of aromatic nitrogens is 3. The van der Waals surface area contributed by atoms with Gasteiger partial charge < -0.3 is 10.6 Å². The molecule has 1 aromatic carbocycles. The van der Waals surface area contributed by atoms with E-state index >= 15 is 0 Å². The first kappa shape index (κ1) is 22.1. The van der Waals surface area contributed by atoms with E-state index in [9.17, 15) is 4.79 Å². The number of rotatable bonds is 4. The van der Waals surface area contributed by atoms with Crippen molar-refractivity contribution in [1.29, 1.82) is 0 Å². The molecule has 2 N–H and O–H groups in total. The zero-order chi connectivity index (χ0) is 17.9. The molecule has 3 heterocycles. The molecule has 4 rings (SSSR count). The fourth-order valence-corrected chi connectivity index (χ4v) is 3.72. The van der Waals surface area contributed by atoms with Crippen molar-refractivity contribution < 1.29 is 4.79 Å². The molecule has 0 spiro atoms. The van der Waals surface area contributed by atoms with Crippen LogP contribution in [0.1, 0.15) is 30.1 Å². The van der Waals surface area contributed by atoms with Crippen LogP contribution in [0, 0.1) is 0 Å². The first-order valence-electron chi connectivity index (χ1n) is 9.10. The molecule has 0 bridgehead atoms. The summed E-state index contributed by atoms with van der Waals surface area (Å²) in [5, 5.41) is 8.61. The summed E-state index contributed by atoms with van der Waals surface area (Å²) in [6.45, 7) is 1.41. The van der Waals surface area contributed by atoms with Gasteiger partial charge in [0.2, 0.25) is 5.91 Å². The Morgan fingerprint density at radius 1 is 1.11 bits per heavy atom. The van der Waals surface area contributed by atoms with Crippen LogP contribution in [0.3, 0.4) is 0 Å². The predicted molar refractivity (Wildman–Crippen MR) is 114 cm³/mol. The Morgan fingerprint density at radius 3 is 2.64 bits per heavy atom. The van der Waals surface area contributed by atoms with Crippen LogP contribution in [0.25, 0.3) is 5.65 Å². The number of fused-ring (bicyclic) bond motifs is 1. The number of nitrogens with zero attached hydrogens (tertiary/aromatic N) is 4. The maximum absolute atomic E-state index is 12.8. The van der Waals surface area contributed by atoms with Crippen LogP contribution in [0.4, 0.5) is 0 Å².